The van der Waals surface area contributed by atoms with Crippen LogP contribution in [0.3, 0.4) is 0 Å². The number of amidine groups is 1. The maximum atomic E-state index is 6.06. The summed E-state index contributed by atoms with van der Waals surface area (Å²) in [6.45, 7) is 2.56. The molecular weight excluding hydrogens is 438 g/mol. The van der Waals surface area contributed by atoms with Crippen molar-refractivity contribution in [2.45, 2.75) is 6.92 Å². The number of fused-ring (bicyclic) bond motifs is 1. The number of nitrogens with one attached hydrogen (secondary N) is 1. The fraction of sp³-hybridized carbons (Fsp3) is 0.0909. The van der Waals surface area contributed by atoms with E-state index in [-0.39, 0.29) is 0 Å². The van der Waals surface area contributed by atoms with Crippen LogP contribution < -0.4 is 10.2 Å². The van der Waals surface area contributed by atoms with Gasteiger partial charge >= 0.3 is 0 Å². The third kappa shape index (κ3) is 3.96. The summed E-state index contributed by atoms with van der Waals surface area (Å²) in [6, 6.07) is 21.4. The molecule has 0 aromatic heterocycles. The van der Waals surface area contributed by atoms with Gasteiger partial charge in [0, 0.05) is 26.2 Å². The highest BCUT2D eigenvalue weighted by Crippen LogP contribution is 2.30. The molecule has 1 heterocycles. The molecule has 3 aromatic carbocycles. The molecule has 0 aliphatic carbocycles. The molecule has 0 saturated carbocycles. The number of hydrogen-bond acceptors (Lipinski definition) is 4. The van der Waals surface area contributed by atoms with Gasteiger partial charge in [0.1, 0.15) is 11.5 Å². The largest absolute Gasteiger partial charge is 0.494 e. The van der Waals surface area contributed by atoms with Crippen molar-refractivity contribution in [3.8, 4) is 5.75 Å². The molecule has 140 valence electrons. The van der Waals surface area contributed by atoms with Crippen molar-refractivity contribution in [2.75, 3.05) is 6.61 Å². The number of hydrogen-bond donors (Lipinski definition) is 1. The summed E-state index contributed by atoms with van der Waals surface area (Å²) in [5.74, 6) is 1.46. The normalized spacial score (nSPS) is 13.0. The van der Waals surface area contributed by atoms with Crippen LogP contribution in [0.2, 0.25) is 5.02 Å². The fourth-order valence-corrected chi connectivity index (χ4v) is 3.33. The van der Waals surface area contributed by atoms with Crippen molar-refractivity contribution in [3.63, 3.8) is 0 Å². The number of benzene rings is 3. The number of hydrazone groups is 1. The molecule has 0 fully saturated rings. The minimum atomic E-state index is 0.595. The summed E-state index contributed by atoms with van der Waals surface area (Å²) < 4.78 is 6.70. The highest BCUT2D eigenvalue weighted by molar-refractivity contribution is 9.10. The van der Waals surface area contributed by atoms with E-state index in [0.29, 0.717) is 17.5 Å². The van der Waals surface area contributed by atoms with Crippen LogP contribution >= 0.6 is 27.5 Å². The monoisotopic (exact) mass is 453 g/mol. The average Bonchev–Trinajstić information content (AvgIpc) is 2.89. The minimum absolute atomic E-state index is 0.595. The molecular formula is C22H17BrClN3O. The zero-order chi connectivity index (χ0) is 19.5. The van der Waals surface area contributed by atoms with Crippen molar-refractivity contribution in [1.82, 2.24) is 5.43 Å². The van der Waals surface area contributed by atoms with Crippen LogP contribution in [0.1, 0.15) is 23.6 Å². The van der Waals surface area contributed by atoms with Gasteiger partial charge in [0.2, 0.25) is 0 Å². The third-order valence-electron chi connectivity index (χ3n) is 4.28. The predicted molar refractivity (Wildman–Crippen MR) is 118 cm³/mol. The Kier molecular flexibility index (Phi) is 5.46. The summed E-state index contributed by atoms with van der Waals surface area (Å²) in [4.78, 5) is 4.83. The van der Waals surface area contributed by atoms with E-state index in [1.54, 1.807) is 0 Å². The lowest BCUT2D eigenvalue weighted by Crippen LogP contribution is -2.19. The maximum Gasteiger partial charge on any atom is 0.154 e. The van der Waals surface area contributed by atoms with Crippen LogP contribution in [0.15, 0.2) is 81.3 Å². The fourth-order valence-electron chi connectivity index (χ4n) is 2.94. The highest BCUT2D eigenvalue weighted by Gasteiger charge is 2.18. The summed E-state index contributed by atoms with van der Waals surface area (Å²) in [6.07, 6.45) is 0. The first-order valence-corrected chi connectivity index (χ1v) is 10.0. The van der Waals surface area contributed by atoms with Crippen LogP contribution in [0, 0.1) is 0 Å². The molecule has 0 bridgehead atoms. The molecule has 3 aromatic rings. The first-order valence-electron chi connectivity index (χ1n) is 8.85. The lowest BCUT2D eigenvalue weighted by Gasteiger charge is -2.10. The Balaban J connectivity index is 1.84. The topological polar surface area (TPSA) is 46.0 Å². The molecule has 1 N–H and O–H groups in total. The quantitative estimate of drug-likeness (QED) is 0.530. The van der Waals surface area contributed by atoms with Gasteiger partial charge in [0.15, 0.2) is 5.84 Å². The first-order chi connectivity index (χ1) is 13.6. The molecule has 1 aliphatic heterocycles. The zero-order valence-electron chi connectivity index (χ0n) is 15.1. The molecule has 0 radical (unpaired) electrons. The second-order valence-electron chi connectivity index (χ2n) is 6.16. The van der Waals surface area contributed by atoms with Crippen LogP contribution in [-0.2, 0) is 0 Å². The molecule has 28 heavy (non-hydrogen) atoms. The molecule has 0 saturated heterocycles. The Hall–Kier alpha value is -2.63. The zero-order valence-corrected chi connectivity index (χ0v) is 17.5. The highest BCUT2D eigenvalue weighted by atomic mass is 79.9. The van der Waals surface area contributed by atoms with Crippen LogP contribution in [0.25, 0.3) is 0 Å². The lowest BCUT2D eigenvalue weighted by molar-refractivity contribution is 0.340. The molecule has 0 amide bonds. The average molecular weight is 455 g/mol. The van der Waals surface area contributed by atoms with Crippen LogP contribution in [0.4, 0.5) is 5.69 Å². The molecule has 4 nitrogen and oxygen atoms in total. The summed E-state index contributed by atoms with van der Waals surface area (Å²) in [5, 5.41) is 5.35. The summed E-state index contributed by atoms with van der Waals surface area (Å²) in [7, 11) is 0. The Morgan fingerprint density at radius 3 is 2.39 bits per heavy atom. The lowest BCUT2D eigenvalue weighted by atomic mass is 10.0. The Morgan fingerprint density at radius 1 is 0.964 bits per heavy atom. The van der Waals surface area contributed by atoms with Gasteiger partial charge in [-0.3, -0.25) is 5.43 Å². The second-order valence-corrected chi connectivity index (χ2v) is 7.51. The van der Waals surface area contributed by atoms with Gasteiger partial charge in [-0.25, -0.2) is 4.99 Å². The van der Waals surface area contributed by atoms with Crippen molar-refractivity contribution in [2.24, 2.45) is 10.1 Å². The van der Waals surface area contributed by atoms with Gasteiger partial charge in [-0.1, -0.05) is 51.8 Å². The molecule has 6 heteroatoms. The number of aliphatic imine (C=N–C) groups is 1. The Bertz CT molecular complexity index is 1060. The van der Waals surface area contributed by atoms with Gasteiger partial charge < -0.3 is 4.74 Å². The summed E-state index contributed by atoms with van der Waals surface area (Å²) >= 11 is 9.53. The van der Waals surface area contributed by atoms with E-state index in [1.165, 1.54) is 0 Å². The van der Waals surface area contributed by atoms with Crippen molar-refractivity contribution >= 4 is 44.8 Å². The van der Waals surface area contributed by atoms with E-state index < -0.39 is 0 Å². The number of rotatable bonds is 4. The van der Waals surface area contributed by atoms with Crippen LogP contribution in [-0.4, -0.2) is 18.2 Å². The number of ether oxygens (including phenoxy) is 1. The van der Waals surface area contributed by atoms with E-state index in [1.807, 2.05) is 73.7 Å². The third-order valence-corrected chi connectivity index (χ3v) is 5.06. The standard InChI is InChI=1S/C22H17BrClN3O/c1-2-28-18-11-12-20-19(13-18)21(14-5-9-17(24)10-6-14)26-27-22(25-20)15-3-7-16(23)8-4-15/h3-13H,2H2,1H3,(H,25,27). The van der Waals surface area contributed by atoms with Gasteiger partial charge in [0.05, 0.1) is 12.3 Å². The van der Waals surface area contributed by atoms with Crippen molar-refractivity contribution in [3.05, 3.63) is 92.9 Å². The minimum Gasteiger partial charge on any atom is -0.494 e. The van der Waals surface area contributed by atoms with E-state index in [9.17, 15) is 0 Å². The molecule has 4 rings (SSSR count). The van der Waals surface area contributed by atoms with Crippen LogP contribution in [0.5, 0.6) is 5.75 Å². The van der Waals surface area contributed by atoms with E-state index in [4.69, 9.17) is 21.3 Å². The van der Waals surface area contributed by atoms with Gasteiger partial charge in [-0.15, -0.1) is 0 Å². The van der Waals surface area contributed by atoms with Crippen molar-refractivity contribution in [1.29, 1.82) is 0 Å². The Morgan fingerprint density at radius 2 is 1.68 bits per heavy atom. The molecule has 0 unspecified atom stereocenters. The first kappa shape index (κ1) is 18.7. The van der Waals surface area contributed by atoms with Gasteiger partial charge in [-0.2, -0.15) is 5.10 Å². The van der Waals surface area contributed by atoms with Gasteiger partial charge in [-0.05, 0) is 49.4 Å². The number of nitrogens with zero attached hydrogens (tertiary/aromatic N) is 2. The SMILES string of the molecule is CCOc1ccc2c(c1)C(c1ccc(Cl)cc1)=NNC(c1ccc(Br)cc1)=N2. The van der Waals surface area contributed by atoms with E-state index >= 15 is 0 Å². The molecule has 0 atom stereocenters. The van der Waals surface area contributed by atoms with Crippen molar-refractivity contribution < 1.29 is 4.74 Å². The van der Waals surface area contributed by atoms with Gasteiger partial charge in [0.25, 0.3) is 0 Å². The summed E-state index contributed by atoms with van der Waals surface area (Å²) in [5.41, 5.74) is 7.52. The number of halogens is 2. The molecule has 1 aliphatic rings. The maximum absolute atomic E-state index is 6.06. The molecule has 0 spiro atoms. The predicted octanol–water partition coefficient (Wildman–Crippen LogP) is 5.94. The van der Waals surface area contributed by atoms with E-state index in [0.717, 1.165) is 38.3 Å². The smallest absolute Gasteiger partial charge is 0.154 e. The second kappa shape index (κ2) is 8.17. The van der Waals surface area contributed by atoms with E-state index in [2.05, 4.69) is 26.5 Å². The Labute approximate surface area is 177 Å².